The van der Waals surface area contributed by atoms with Gasteiger partial charge in [0.25, 0.3) is 0 Å². The van der Waals surface area contributed by atoms with Crippen LogP contribution in [0.15, 0.2) is 45.3 Å². The van der Waals surface area contributed by atoms with E-state index in [-0.39, 0.29) is 12.2 Å². The lowest BCUT2D eigenvalue weighted by Crippen LogP contribution is -2.05. The molecule has 0 amide bonds. The maximum Gasteiger partial charge on any atom is 0.168 e. The van der Waals surface area contributed by atoms with Crippen LogP contribution in [0.3, 0.4) is 0 Å². The number of benzene rings is 2. The van der Waals surface area contributed by atoms with E-state index in [0.29, 0.717) is 16.3 Å². The first-order valence-electron chi connectivity index (χ1n) is 5.82. The van der Waals surface area contributed by atoms with Crippen LogP contribution in [0.2, 0.25) is 5.02 Å². The third kappa shape index (κ3) is 3.62. The summed E-state index contributed by atoms with van der Waals surface area (Å²) in [5.41, 5.74) is 1.39. The zero-order valence-electron chi connectivity index (χ0n) is 10.6. The van der Waals surface area contributed by atoms with Gasteiger partial charge in [-0.3, -0.25) is 4.79 Å². The Labute approximate surface area is 139 Å². The molecule has 0 N–H and O–H groups in total. The number of carbonyl (C=O) groups excluding carboxylic acids is 1. The minimum absolute atomic E-state index is 0.0139. The third-order valence-corrected chi connectivity index (χ3v) is 4.38. The summed E-state index contributed by atoms with van der Waals surface area (Å²) in [4.78, 5) is 12.4. The van der Waals surface area contributed by atoms with Crippen LogP contribution in [0, 0.1) is 0 Å². The van der Waals surface area contributed by atoms with Gasteiger partial charge in [-0.05, 0) is 35.9 Å². The van der Waals surface area contributed by atoms with Crippen LogP contribution in [-0.4, -0.2) is 12.9 Å². The van der Waals surface area contributed by atoms with Gasteiger partial charge >= 0.3 is 0 Å². The first-order valence-corrected chi connectivity index (χ1v) is 7.78. The van der Waals surface area contributed by atoms with Crippen molar-refractivity contribution in [2.24, 2.45) is 0 Å². The summed E-state index contributed by atoms with van der Waals surface area (Å²) in [5.74, 6) is 0.637. The summed E-state index contributed by atoms with van der Waals surface area (Å²) in [6.45, 7) is 0. The summed E-state index contributed by atoms with van der Waals surface area (Å²) < 4.78 is 6.78. The monoisotopic (exact) mass is 416 g/mol. The van der Waals surface area contributed by atoms with Crippen LogP contribution in [0.25, 0.3) is 0 Å². The van der Waals surface area contributed by atoms with Gasteiger partial charge in [0.15, 0.2) is 5.78 Å². The molecule has 0 aliphatic carbocycles. The number of Topliss-reactive ketones (excluding diaryl/α,β-unsaturated/α-hetero) is 1. The lowest BCUT2D eigenvalue weighted by molar-refractivity contribution is 0.0992. The number of hydrogen-bond donors (Lipinski definition) is 0. The van der Waals surface area contributed by atoms with Gasteiger partial charge in [0.1, 0.15) is 5.75 Å². The molecule has 0 saturated heterocycles. The number of hydrogen-bond acceptors (Lipinski definition) is 2. The van der Waals surface area contributed by atoms with E-state index >= 15 is 0 Å². The fraction of sp³-hybridized carbons (Fsp3) is 0.133. The highest BCUT2D eigenvalue weighted by molar-refractivity contribution is 9.10. The molecule has 0 atom stereocenters. The molecule has 0 bridgehead atoms. The number of ketones is 1. The first-order chi connectivity index (χ1) is 9.51. The van der Waals surface area contributed by atoms with Crippen molar-refractivity contribution in [3.05, 3.63) is 61.5 Å². The van der Waals surface area contributed by atoms with E-state index in [0.717, 1.165) is 14.5 Å². The van der Waals surface area contributed by atoms with E-state index in [9.17, 15) is 4.79 Å². The molecular formula is C15H11Br2ClO2. The Morgan fingerprint density at radius 3 is 2.60 bits per heavy atom. The van der Waals surface area contributed by atoms with Gasteiger partial charge < -0.3 is 4.74 Å². The van der Waals surface area contributed by atoms with Crippen molar-refractivity contribution in [2.45, 2.75) is 6.42 Å². The van der Waals surface area contributed by atoms with Crippen LogP contribution in [0.1, 0.15) is 15.9 Å². The van der Waals surface area contributed by atoms with E-state index in [4.69, 9.17) is 16.3 Å². The van der Waals surface area contributed by atoms with Gasteiger partial charge in [-0.25, -0.2) is 0 Å². The molecule has 2 nitrogen and oxygen atoms in total. The van der Waals surface area contributed by atoms with E-state index in [1.807, 2.05) is 12.1 Å². The Morgan fingerprint density at radius 1 is 1.20 bits per heavy atom. The highest BCUT2D eigenvalue weighted by atomic mass is 79.9. The predicted octanol–water partition coefficient (Wildman–Crippen LogP) is 5.30. The Hall–Kier alpha value is -0.840. The van der Waals surface area contributed by atoms with Crippen LogP contribution in [-0.2, 0) is 6.42 Å². The van der Waals surface area contributed by atoms with Crippen LogP contribution >= 0.6 is 43.5 Å². The predicted molar refractivity (Wildman–Crippen MR) is 87.9 cm³/mol. The van der Waals surface area contributed by atoms with Crippen molar-refractivity contribution in [1.82, 2.24) is 0 Å². The van der Waals surface area contributed by atoms with Crippen molar-refractivity contribution < 1.29 is 9.53 Å². The Kier molecular flexibility index (Phi) is 5.24. The number of rotatable bonds is 4. The number of carbonyl (C=O) groups is 1. The summed E-state index contributed by atoms with van der Waals surface area (Å²) >= 11 is 12.9. The molecule has 0 spiro atoms. The van der Waals surface area contributed by atoms with Crippen molar-refractivity contribution in [2.75, 3.05) is 7.11 Å². The van der Waals surface area contributed by atoms with Crippen molar-refractivity contribution in [1.29, 1.82) is 0 Å². The fourth-order valence-corrected chi connectivity index (χ4v) is 2.99. The van der Waals surface area contributed by atoms with Gasteiger partial charge in [-0.1, -0.05) is 49.5 Å². The van der Waals surface area contributed by atoms with Gasteiger partial charge in [-0.15, -0.1) is 0 Å². The van der Waals surface area contributed by atoms with Crippen molar-refractivity contribution in [3.8, 4) is 5.75 Å². The van der Waals surface area contributed by atoms with Crippen molar-refractivity contribution >= 4 is 49.2 Å². The Balaban J connectivity index is 2.28. The largest absolute Gasteiger partial charge is 0.497 e. The molecule has 0 saturated carbocycles. The van der Waals surface area contributed by atoms with Crippen molar-refractivity contribution in [3.63, 3.8) is 0 Å². The van der Waals surface area contributed by atoms with Crippen LogP contribution < -0.4 is 4.74 Å². The molecule has 0 aliphatic rings. The fourth-order valence-electron chi connectivity index (χ4n) is 1.78. The van der Waals surface area contributed by atoms with Crippen LogP contribution in [0.5, 0.6) is 5.75 Å². The Morgan fingerprint density at radius 2 is 1.95 bits per heavy atom. The molecule has 20 heavy (non-hydrogen) atoms. The zero-order valence-corrected chi connectivity index (χ0v) is 14.5. The topological polar surface area (TPSA) is 26.3 Å². The summed E-state index contributed by atoms with van der Waals surface area (Å²) in [6, 6.07) is 10.8. The molecule has 0 unspecified atom stereocenters. The molecule has 104 valence electrons. The second kappa shape index (κ2) is 6.74. The average molecular weight is 419 g/mol. The highest BCUT2D eigenvalue weighted by Crippen LogP contribution is 2.26. The van der Waals surface area contributed by atoms with E-state index in [1.54, 1.807) is 31.4 Å². The average Bonchev–Trinajstić information content (AvgIpc) is 2.42. The van der Waals surface area contributed by atoms with Gasteiger partial charge in [-0.2, -0.15) is 0 Å². The molecule has 0 heterocycles. The van der Waals surface area contributed by atoms with E-state index in [1.165, 1.54) is 0 Å². The van der Waals surface area contributed by atoms with Crippen LogP contribution in [0.4, 0.5) is 0 Å². The molecule has 0 fully saturated rings. The smallest absolute Gasteiger partial charge is 0.168 e. The van der Waals surface area contributed by atoms with E-state index in [2.05, 4.69) is 31.9 Å². The molecule has 2 rings (SSSR count). The third-order valence-electron chi connectivity index (χ3n) is 2.84. The van der Waals surface area contributed by atoms with Gasteiger partial charge in [0.2, 0.25) is 0 Å². The van der Waals surface area contributed by atoms with Gasteiger partial charge in [0, 0.05) is 26.0 Å². The quantitative estimate of drug-likeness (QED) is 0.630. The maximum atomic E-state index is 12.4. The van der Waals surface area contributed by atoms with E-state index < -0.39 is 0 Å². The molecule has 0 aromatic heterocycles. The summed E-state index contributed by atoms with van der Waals surface area (Å²) in [5, 5.41) is 0.576. The Bertz CT molecular complexity index is 656. The minimum Gasteiger partial charge on any atom is -0.497 e. The SMILES string of the molecule is COc1ccc(Br)c(C(=O)Cc2ccc(Br)cc2Cl)c1. The molecule has 0 aliphatic heterocycles. The second-order valence-corrected chi connectivity index (χ2v) is 6.36. The first kappa shape index (κ1) is 15.5. The summed E-state index contributed by atoms with van der Waals surface area (Å²) in [7, 11) is 1.57. The number of ether oxygens (including phenoxy) is 1. The molecule has 2 aromatic rings. The number of halogens is 3. The normalized spacial score (nSPS) is 10.4. The standard InChI is InChI=1S/C15H11Br2ClO2/c1-20-11-4-5-13(17)12(8-11)15(19)6-9-2-3-10(16)7-14(9)18/h2-5,7-8H,6H2,1H3. The van der Waals surface area contributed by atoms with Gasteiger partial charge in [0.05, 0.1) is 7.11 Å². The maximum absolute atomic E-state index is 12.4. The second-order valence-electron chi connectivity index (χ2n) is 4.18. The lowest BCUT2D eigenvalue weighted by Gasteiger charge is -2.08. The number of methoxy groups -OCH3 is 1. The zero-order chi connectivity index (χ0) is 14.7. The lowest BCUT2D eigenvalue weighted by atomic mass is 10.0. The molecule has 5 heteroatoms. The molecule has 0 radical (unpaired) electrons. The highest BCUT2D eigenvalue weighted by Gasteiger charge is 2.14. The molecular weight excluding hydrogens is 407 g/mol. The summed E-state index contributed by atoms with van der Waals surface area (Å²) in [6.07, 6.45) is 0.248. The molecule has 2 aromatic carbocycles. The minimum atomic E-state index is -0.0139.